The molecule has 1 aliphatic rings. The van der Waals surface area contributed by atoms with Crippen molar-refractivity contribution < 1.29 is 27.9 Å². The summed E-state index contributed by atoms with van der Waals surface area (Å²) in [6.07, 6.45) is 0. The molecule has 4 rings (SSSR count). The summed E-state index contributed by atoms with van der Waals surface area (Å²) < 4.78 is 24.8. The van der Waals surface area contributed by atoms with Crippen molar-refractivity contribution in [3.05, 3.63) is 53.3 Å². The van der Waals surface area contributed by atoms with Gasteiger partial charge in [-0.15, -0.1) is 0 Å². The van der Waals surface area contributed by atoms with Gasteiger partial charge in [-0.1, -0.05) is 0 Å². The molecule has 30 heavy (non-hydrogen) atoms. The Kier molecular flexibility index (Phi) is 4.45. The number of imide groups is 1. The zero-order valence-corrected chi connectivity index (χ0v) is 16.4. The minimum Gasteiger partial charge on any atom is -0.496 e. The minimum atomic E-state index is -1.38. The van der Waals surface area contributed by atoms with Gasteiger partial charge in [-0.05, 0) is 43.3 Å². The molecule has 2 heterocycles. The van der Waals surface area contributed by atoms with Crippen molar-refractivity contribution in [1.29, 1.82) is 0 Å². The second kappa shape index (κ2) is 6.87. The number of amides is 4. The van der Waals surface area contributed by atoms with E-state index in [-0.39, 0.29) is 11.3 Å². The number of ether oxygens (including phenoxy) is 1. The number of halogens is 1. The number of rotatable bonds is 4. The van der Waals surface area contributed by atoms with Gasteiger partial charge in [-0.3, -0.25) is 14.9 Å². The number of furan rings is 1. The standard InChI is InChI=1S/C21H18FN3O5/c1-21(19(27)24-20(28)25-21)13-9-14-12(8-15(13)29-3)16(18(26)23-2)17(30-14)10-4-6-11(22)7-5-10/h4-9H,1-3H3,(H,23,26)(H2,24,25,27,28). The van der Waals surface area contributed by atoms with E-state index in [4.69, 9.17) is 9.15 Å². The maximum Gasteiger partial charge on any atom is 0.322 e. The highest BCUT2D eigenvalue weighted by atomic mass is 19.1. The van der Waals surface area contributed by atoms with Crippen LogP contribution >= 0.6 is 0 Å². The monoisotopic (exact) mass is 411 g/mol. The normalized spacial score (nSPS) is 18.3. The largest absolute Gasteiger partial charge is 0.496 e. The van der Waals surface area contributed by atoms with Gasteiger partial charge in [0.05, 0.1) is 12.7 Å². The van der Waals surface area contributed by atoms with Crippen molar-refractivity contribution in [2.45, 2.75) is 12.5 Å². The molecule has 2 aromatic carbocycles. The molecule has 1 atom stereocenters. The molecule has 0 bridgehead atoms. The fourth-order valence-electron chi connectivity index (χ4n) is 3.57. The van der Waals surface area contributed by atoms with Crippen LogP contribution in [0.5, 0.6) is 5.75 Å². The first kappa shape index (κ1) is 19.4. The summed E-state index contributed by atoms with van der Waals surface area (Å²) in [5, 5.41) is 7.81. The lowest BCUT2D eigenvalue weighted by Gasteiger charge is -2.23. The van der Waals surface area contributed by atoms with Crippen molar-refractivity contribution in [2.75, 3.05) is 14.2 Å². The number of nitrogens with one attached hydrogen (secondary N) is 3. The number of fused-ring (bicyclic) bond motifs is 1. The Morgan fingerprint density at radius 3 is 2.47 bits per heavy atom. The van der Waals surface area contributed by atoms with Crippen LogP contribution in [0.15, 0.2) is 40.8 Å². The maximum atomic E-state index is 13.4. The molecule has 9 heteroatoms. The van der Waals surface area contributed by atoms with E-state index in [0.717, 1.165) is 0 Å². The van der Waals surface area contributed by atoms with Crippen LogP contribution in [-0.4, -0.2) is 32.0 Å². The van der Waals surface area contributed by atoms with Crippen LogP contribution in [-0.2, 0) is 10.3 Å². The molecule has 1 fully saturated rings. The first-order valence-corrected chi connectivity index (χ1v) is 9.05. The Morgan fingerprint density at radius 1 is 1.20 bits per heavy atom. The summed E-state index contributed by atoms with van der Waals surface area (Å²) in [4.78, 5) is 36.8. The number of methoxy groups -OCH3 is 1. The highest BCUT2D eigenvalue weighted by Gasteiger charge is 2.45. The first-order valence-electron chi connectivity index (χ1n) is 9.05. The van der Waals surface area contributed by atoms with Crippen molar-refractivity contribution in [1.82, 2.24) is 16.0 Å². The second-order valence-corrected chi connectivity index (χ2v) is 6.97. The minimum absolute atomic E-state index is 0.244. The van der Waals surface area contributed by atoms with Crippen molar-refractivity contribution in [3.8, 4) is 17.1 Å². The number of urea groups is 1. The number of carbonyl (C=O) groups is 3. The molecular weight excluding hydrogens is 393 g/mol. The first-order chi connectivity index (χ1) is 14.3. The fraction of sp³-hybridized carbons (Fsp3) is 0.190. The summed E-state index contributed by atoms with van der Waals surface area (Å²) in [5.41, 5.74) is 0.0357. The van der Waals surface area contributed by atoms with E-state index in [0.29, 0.717) is 27.8 Å². The highest BCUT2D eigenvalue weighted by molar-refractivity contribution is 6.12. The van der Waals surface area contributed by atoms with E-state index in [2.05, 4.69) is 16.0 Å². The summed E-state index contributed by atoms with van der Waals surface area (Å²) in [6, 6.07) is 8.05. The lowest BCUT2D eigenvalue weighted by Crippen LogP contribution is -2.40. The topological polar surface area (TPSA) is 110 Å². The molecule has 4 amide bonds. The van der Waals surface area contributed by atoms with Crippen LogP contribution in [0.2, 0.25) is 0 Å². The predicted molar refractivity (Wildman–Crippen MR) is 106 cm³/mol. The third kappa shape index (κ3) is 2.86. The SMILES string of the molecule is CNC(=O)c1c(-c2ccc(F)cc2)oc2cc(C3(C)NC(=O)NC3=O)c(OC)cc12. The van der Waals surface area contributed by atoms with Gasteiger partial charge in [0.2, 0.25) is 0 Å². The van der Waals surface area contributed by atoms with E-state index < -0.39 is 29.2 Å². The van der Waals surface area contributed by atoms with Crippen LogP contribution < -0.4 is 20.7 Å². The number of benzene rings is 2. The van der Waals surface area contributed by atoms with Gasteiger partial charge < -0.3 is 19.8 Å². The Bertz CT molecular complexity index is 1200. The number of hydrogen-bond acceptors (Lipinski definition) is 5. The van der Waals surface area contributed by atoms with E-state index in [1.54, 1.807) is 19.1 Å². The van der Waals surface area contributed by atoms with Crippen LogP contribution in [0.25, 0.3) is 22.3 Å². The Labute approximate surface area is 170 Å². The van der Waals surface area contributed by atoms with Gasteiger partial charge in [0.25, 0.3) is 11.8 Å². The van der Waals surface area contributed by atoms with Crippen LogP contribution in [0.3, 0.4) is 0 Å². The highest BCUT2D eigenvalue weighted by Crippen LogP contribution is 2.41. The van der Waals surface area contributed by atoms with E-state index in [1.165, 1.54) is 38.4 Å². The molecule has 1 aromatic heterocycles. The molecule has 1 aliphatic heterocycles. The van der Waals surface area contributed by atoms with Crippen molar-refractivity contribution in [2.24, 2.45) is 0 Å². The molecular formula is C21H18FN3O5. The van der Waals surface area contributed by atoms with Gasteiger partial charge in [-0.2, -0.15) is 0 Å². The molecule has 3 aromatic rings. The molecule has 154 valence electrons. The zero-order chi connectivity index (χ0) is 21.6. The summed E-state index contributed by atoms with van der Waals surface area (Å²) in [7, 11) is 2.91. The second-order valence-electron chi connectivity index (χ2n) is 6.97. The number of carbonyl (C=O) groups excluding carboxylic acids is 3. The van der Waals surface area contributed by atoms with E-state index in [9.17, 15) is 18.8 Å². The van der Waals surface area contributed by atoms with Crippen LogP contribution in [0.1, 0.15) is 22.8 Å². The Hall–Kier alpha value is -3.88. The fourth-order valence-corrected chi connectivity index (χ4v) is 3.57. The summed E-state index contributed by atoms with van der Waals surface area (Å²) in [6.45, 7) is 1.54. The lowest BCUT2D eigenvalue weighted by atomic mass is 9.90. The van der Waals surface area contributed by atoms with E-state index in [1.807, 2.05) is 0 Å². The molecule has 0 aliphatic carbocycles. The van der Waals surface area contributed by atoms with Gasteiger partial charge in [0.15, 0.2) is 0 Å². The van der Waals surface area contributed by atoms with Crippen LogP contribution in [0, 0.1) is 5.82 Å². The smallest absolute Gasteiger partial charge is 0.322 e. The average molecular weight is 411 g/mol. The Balaban J connectivity index is 1.99. The molecule has 0 spiro atoms. The zero-order valence-electron chi connectivity index (χ0n) is 16.4. The van der Waals surface area contributed by atoms with Gasteiger partial charge in [-0.25, -0.2) is 9.18 Å². The van der Waals surface area contributed by atoms with Crippen LogP contribution in [0.4, 0.5) is 9.18 Å². The van der Waals surface area contributed by atoms with Gasteiger partial charge in [0, 0.05) is 23.6 Å². The maximum absolute atomic E-state index is 13.4. The molecule has 1 unspecified atom stereocenters. The third-order valence-electron chi connectivity index (χ3n) is 5.15. The quantitative estimate of drug-likeness (QED) is 0.572. The third-order valence-corrected chi connectivity index (χ3v) is 5.15. The van der Waals surface area contributed by atoms with Crippen molar-refractivity contribution in [3.63, 3.8) is 0 Å². The van der Waals surface area contributed by atoms with Crippen molar-refractivity contribution >= 4 is 28.8 Å². The van der Waals surface area contributed by atoms with Gasteiger partial charge >= 0.3 is 6.03 Å². The predicted octanol–water partition coefficient (Wildman–Crippen LogP) is 2.66. The summed E-state index contributed by atoms with van der Waals surface area (Å²) >= 11 is 0. The lowest BCUT2D eigenvalue weighted by molar-refractivity contribution is -0.123. The molecule has 0 radical (unpaired) electrons. The summed E-state index contributed by atoms with van der Waals surface area (Å²) in [5.74, 6) is -0.827. The molecule has 8 nitrogen and oxygen atoms in total. The average Bonchev–Trinajstić information content (AvgIpc) is 3.23. The molecule has 0 saturated carbocycles. The molecule has 1 saturated heterocycles. The number of hydrogen-bond donors (Lipinski definition) is 3. The van der Waals surface area contributed by atoms with E-state index >= 15 is 0 Å². The molecule has 3 N–H and O–H groups in total. The Morgan fingerprint density at radius 2 is 1.90 bits per heavy atom. The van der Waals surface area contributed by atoms with Gasteiger partial charge in [0.1, 0.15) is 28.4 Å².